The molecule has 0 aliphatic carbocycles. The number of piperidine rings is 1. The molecule has 2 atom stereocenters. The van der Waals surface area contributed by atoms with Crippen LogP contribution < -0.4 is 5.32 Å². The van der Waals surface area contributed by atoms with Crippen LogP contribution >= 0.6 is 23.2 Å². The number of hydrogen-bond acceptors (Lipinski definition) is 2. The average molecular weight is 314 g/mol. The summed E-state index contributed by atoms with van der Waals surface area (Å²) < 4.78 is 0. The highest BCUT2D eigenvalue weighted by Crippen LogP contribution is 2.27. The maximum absolute atomic E-state index is 12.2. The van der Waals surface area contributed by atoms with Crippen LogP contribution in [0.3, 0.4) is 0 Å². The number of nitrogens with one attached hydrogen (secondary N) is 1. The minimum atomic E-state index is 0.243. The quantitative estimate of drug-likeness (QED) is 0.885. The fraction of sp³-hybridized carbons (Fsp3) is 0.562. The first kappa shape index (κ1) is 15.8. The predicted octanol–water partition coefficient (Wildman–Crippen LogP) is 4.13. The van der Waals surface area contributed by atoms with E-state index in [-0.39, 0.29) is 5.78 Å². The fourth-order valence-electron chi connectivity index (χ4n) is 2.86. The number of carbonyl (C=O) groups excluding carboxylic acids is 1. The highest BCUT2D eigenvalue weighted by molar-refractivity contribution is 6.42. The molecular weight excluding hydrogens is 293 g/mol. The number of benzene rings is 1. The van der Waals surface area contributed by atoms with Gasteiger partial charge in [-0.1, -0.05) is 42.3 Å². The molecule has 20 heavy (non-hydrogen) atoms. The molecule has 1 saturated heterocycles. The van der Waals surface area contributed by atoms with E-state index in [1.165, 1.54) is 12.8 Å². The lowest BCUT2D eigenvalue weighted by atomic mass is 9.83. The average Bonchev–Trinajstić information content (AvgIpc) is 2.45. The number of Topliss-reactive ketones (excluding diaryl/α,β-unsaturated/α-hetero) is 1. The van der Waals surface area contributed by atoms with E-state index in [0.29, 0.717) is 34.7 Å². The molecule has 2 nitrogen and oxygen atoms in total. The number of ketones is 1. The third-order valence-corrected chi connectivity index (χ3v) is 4.97. The molecule has 1 fully saturated rings. The zero-order valence-corrected chi connectivity index (χ0v) is 13.3. The first-order valence-electron chi connectivity index (χ1n) is 7.23. The second kappa shape index (κ2) is 7.44. The third-order valence-electron chi connectivity index (χ3n) is 4.11. The van der Waals surface area contributed by atoms with E-state index in [2.05, 4.69) is 12.2 Å². The molecular formula is C16H21Cl2NO. The Morgan fingerprint density at radius 2 is 2.25 bits per heavy atom. The second-order valence-electron chi connectivity index (χ2n) is 5.72. The summed E-state index contributed by atoms with van der Waals surface area (Å²) in [5.74, 6) is 1.28. The fourth-order valence-corrected chi connectivity index (χ4v) is 3.25. The van der Waals surface area contributed by atoms with Gasteiger partial charge in [-0.3, -0.25) is 4.79 Å². The second-order valence-corrected chi connectivity index (χ2v) is 6.50. The lowest BCUT2D eigenvalue weighted by Gasteiger charge is -2.28. The van der Waals surface area contributed by atoms with E-state index < -0.39 is 0 Å². The van der Waals surface area contributed by atoms with Gasteiger partial charge in [0.05, 0.1) is 10.0 Å². The van der Waals surface area contributed by atoms with Crippen LogP contribution in [-0.2, 0) is 11.2 Å². The van der Waals surface area contributed by atoms with Crippen LogP contribution in [0.1, 0.15) is 31.7 Å². The maximum atomic E-state index is 12.2. The largest absolute Gasteiger partial charge is 0.316 e. The van der Waals surface area contributed by atoms with Crippen LogP contribution in [0, 0.1) is 11.8 Å². The summed E-state index contributed by atoms with van der Waals surface area (Å²) in [4.78, 5) is 12.2. The van der Waals surface area contributed by atoms with E-state index in [1.807, 2.05) is 12.1 Å². The van der Waals surface area contributed by atoms with Gasteiger partial charge in [0, 0.05) is 12.8 Å². The molecule has 0 bridgehead atoms. The van der Waals surface area contributed by atoms with Gasteiger partial charge in [-0.25, -0.2) is 0 Å². The first-order chi connectivity index (χ1) is 9.58. The predicted molar refractivity (Wildman–Crippen MR) is 84.5 cm³/mol. The van der Waals surface area contributed by atoms with Gasteiger partial charge >= 0.3 is 0 Å². The SMILES string of the molecule is CC(CC(=O)Cc1cccc(Cl)c1Cl)C1CCCNC1. The van der Waals surface area contributed by atoms with Crippen molar-refractivity contribution in [2.45, 2.75) is 32.6 Å². The van der Waals surface area contributed by atoms with Crippen molar-refractivity contribution in [3.8, 4) is 0 Å². The van der Waals surface area contributed by atoms with E-state index in [4.69, 9.17) is 23.2 Å². The molecule has 1 aliphatic heterocycles. The summed E-state index contributed by atoms with van der Waals surface area (Å²) in [6.07, 6.45) is 3.43. The van der Waals surface area contributed by atoms with Crippen molar-refractivity contribution >= 4 is 29.0 Å². The van der Waals surface area contributed by atoms with Crippen molar-refractivity contribution < 1.29 is 4.79 Å². The van der Waals surface area contributed by atoms with Gasteiger partial charge < -0.3 is 5.32 Å². The minimum absolute atomic E-state index is 0.243. The van der Waals surface area contributed by atoms with Crippen LogP contribution in [0.25, 0.3) is 0 Å². The maximum Gasteiger partial charge on any atom is 0.137 e. The molecule has 2 unspecified atom stereocenters. The minimum Gasteiger partial charge on any atom is -0.316 e. The van der Waals surface area contributed by atoms with Crippen molar-refractivity contribution in [2.24, 2.45) is 11.8 Å². The Balaban J connectivity index is 1.90. The topological polar surface area (TPSA) is 29.1 Å². The smallest absolute Gasteiger partial charge is 0.137 e. The molecule has 1 aromatic rings. The molecule has 0 radical (unpaired) electrons. The Kier molecular flexibility index (Phi) is 5.88. The summed E-state index contributed by atoms with van der Waals surface area (Å²) in [5.41, 5.74) is 0.832. The normalized spacial score (nSPS) is 20.6. The van der Waals surface area contributed by atoms with Gasteiger partial charge in [0.15, 0.2) is 0 Å². The lowest BCUT2D eigenvalue weighted by Crippen LogP contribution is -2.34. The van der Waals surface area contributed by atoms with Gasteiger partial charge in [0.2, 0.25) is 0 Å². The van der Waals surface area contributed by atoms with Crippen molar-refractivity contribution in [1.82, 2.24) is 5.32 Å². The summed E-state index contributed by atoms with van der Waals surface area (Å²) in [6, 6.07) is 5.46. The number of rotatable bonds is 5. The van der Waals surface area contributed by atoms with E-state index in [9.17, 15) is 4.79 Å². The van der Waals surface area contributed by atoms with Gasteiger partial charge in [0.1, 0.15) is 5.78 Å². The molecule has 0 spiro atoms. The number of halogens is 2. The Bertz CT molecular complexity index is 470. The summed E-state index contributed by atoms with van der Waals surface area (Å²) in [6.45, 7) is 4.32. The summed E-state index contributed by atoms with van der Waals surface area (Å²) in [5, 5.41) is 4.43. The van der Waals surface area contributed by atoms with Crippen LogP contribution in [0.5, 0.6) is 0 Å². The van der Waals surface area contributed by atoms with Crippen LogP contribution in [-0.4, -0.2) is 18.9 Å². The van der Waals surface area contributed by atoms with Gasteiger partial charge in [0.25, 0.3) is 0 Å². The van der Waals surface area contributed by atoms with E-state index in [0.717, 1.165) is 18.7 Å². The van der Waals surface area contributed by atoms with E-state index >= 15 is 0 Å². The molecule has 1 aromatic carbocycles. The Hall–Kier alpha value is -0.570. The zero-order valence-electron chi connectivity index (χ0n) is 11.8. The molecule has 0 aromatic heterocycles. The Morgan fingerprint density at radius 1 is 1.45 bits per heavy atom. The van der Waals surface area contributed by atoms with Gasteiger partial charge in [-0.05, 0) is 49.4 Å². The third kappa shape index (κ3) is 4.21. The summed E-state index contributed by atoms with van der Waals surface area (Å²) >= 11 is 12.1. The molecule has 1 heterocycles. The molecule has 110 valence electrons. The number of hydrogen-bond donors (Lipinski definition) is 1. The highest BCUT2D eigenvalue weighted by Gasteiger charge is 2.22. The first-order valence-corrected chi connectivity index (χ1v) is 7.99. The Labute approximate surface area is 130 Å². The highest BCUT2D eigenvalue weighted by atomic mass is 35.5. The van der Waals surface area contributed by atoms with Crippen molar-refractivity contribution in [3.63, 3.8) is 0 Å². The number of carbonyl (C=O) groups is 1. The Morgan fingerprint density at radius 3 is 2.95 bits per heavy atom. The van der Waals surface area contributed by atoms with Crippen LogP contribution in [0.2, 0.25) is 10.0 Å². The van der Waals surface area contributed by atoms with Crippen molar-refractivity contribution in [2.75, 3.05) is 13.1 Å². The molecule has 0 amide bonds. The summed E-state index contributed by atoms with van der Waals surface area (Å²) in [7, 11) is 0. The zero-order chi connectivity index (χ0) is 14.5. The van der Waals surface area contributed by atoms with Crippen molar-refractivity contribution in [3.05, 3.63) is 33.8 Å². The molecule has 4 heteroatoms. The van der Waals surface area contributed by atoms with Gasteiger partial charge in [-0.15, -0.1) is 0 Å². The standard InChI is InChI=1S/C16H21Cl2NO/c1-11(13-5-3-7-19-10-13)8-14(20)9-12-4-2-6-15(17)16(12)18/h2,4,6,11,13,19H,3,5,7-10H2,1H3. The molecule has 1 N–H and O–H groups in total. The monoisotopic (exact) mass is 313 g/mol. The van der Waals surface area contributed by atoms with Crippen LogP contribution in [0.15, 0.2) is 18.2 Å². The van der Waals surface area contributed by atoms with Gasteiger partial charge in [-0.2, -0.15) is 0 Å². The molecule has 0 saturated carbocycles. The van der Waals surface area contributed by atoms with Crippen molar-refractivity contribution in [1.29, 1.82) is 0 Å². The molecule has 2 rings (SSSR count). The van der Waals surface area contributed by atoms with E-state index in [1.54, 1.807) is 6.07 Å². The lowest BCUT2D eigenvalue weighted by molar-refractivity contribution is -0.119. The molecule has 1 aliphatic rings. The van der Waals surface area contributed by atoms with Crippen LogP contribution in [0.4, 0.5) is 0 Å².